The van der Waals surface area contributed by atoms with Gasteiger partial charge in [0.25, 0.3) is 0 Å². The Morgan fingerprint density at radius 2 is 2.00 bits per heavy atom. The number of rotatable bonds is 4. The molecule has 1 aromatic heterocycles. The van der Waals surface area contributed by atoms with Crippen LogP contribution in [-0.4, -0.2) is 28.3 Å². The third-order valence-corrected chi connectivity index (χ3v) is 8.74. The van der Waals surface area contributed by atoms with E-state index >= 15 is 0 Å². The zero-order valence-electron chi connectivity index (χ0n) is 16.5. The van der Waals surface area contributed by atoms with Crippen molar-refractivity contribution in [2.45, 2.75) is 55.6 Å². The summed E-state index contributed by atoms with van der Waals surface area (Å²) < 4.78 is 0. The molecule has 7 heteroatoms. The number of nitrogens with zero attached hydrogens (tertiary/aromatic N) is 2. The van der Waals surface area contributed by atoms with Crippen LogP contribution in [0.2, 0.25) is 10.0 Å². The second-order valence-electron chi connectivity index (χ2n) is 8.23. The summed E-state index contributed by atoms with van der Waals surface area (Å²) in [5.41, 5.74) is 1.88. The molecule has 2 fully saturated rings. The van der Waals surface area contributed by atoms with Gasteiger partial charge in [0.2, 0.25) is 0 Å². The van der Waals surface area contributed by atoms with E-state index in [1.54, 1.807) is 12.1 Å². The van der Waals surface area contributed by atoms with Gasteiger partial charge in [0.15, 0.2) is 0 Å². The normalized spacial score (nSPS) is 21.1. The molecule has 1 spiro atoms. The quantitative estimate of drug-likeness (QED) is 0.582. The Morgan fingerprint density at radius 1 is 1.24 bits per heavy atom. The molecule has 1 aliphatic heterocycles. The molecule has 1 aliphatic carbocycles. The van der Waals surface area contributed by atoms with Crippen molar-refractivity contribution in [3.05, 3.63) is 40.0 Å². The molecule has 1 atom stereocenters. The largest absolute Gasteiger partial charge is 0.505 e. The van der Waals surface area contributed by atoms with E-state index in [1.807, 2.05) is 12.1 Å². The van der Waals surface area contributed by atoms with Gasteiger partial charge < -0.3 is 15.1 Å². The standard InChI is InChI=1S/C22H26Cl2N2O2S/c1-14-4-3-7-22(14)8-10-26(11-9-22)17-12-18(28)21(25-16(17)13-27)29-19-6-2-5-15(23)20(19)24/h2,5-6,12,14,27-28H,3-4,7-11,13H2,1H3/t14-/m1/s1. The molecule has 0 radical (unpaired) electrons. The highest BCUT2D eigenvalue weighted by molar-refractivity contribution is 7.99. The molecule has 1 saturated heterocycles. The second kappa shape index (κ2) is 8.54. The van der Waals surface area contributed by atoms with Crippen molar-refractivity contribution in [2.75, 3.05) is 18.0 Å². The van der Waals surface area contributed by atoms with Crippen molar-refractivity contribution in [2.24, 2.45) is 11.3 Å². The van der Waals surface area contributed by atoms with Crippen LogP contribution < -0.4 is 4.90 Å². The van der Waals surface area contributed by atoms with Crippen molar-refractivity contribution in [3.8, 4) is 5.75 Å². The van der Waals surface area contributed by atoms with E-state index in [0.717, 1.165) is 37.5 Å². The number of piperidine rings is 1. The number of pyridine rings is 1. The van der Waals surface area contributed by atoms with Crippen LogP contribution in [0.1, 0.15) is 44.7 Å². The molecule has 29 heavy (non-hydrogen) atoms. The Kier molecular flexibility index (Phi) is 6.22. The third kappa shape index (κ3) is 4.07. The van der Waals surface area contributed by atoms with Gasteiger partial charge in [0, 0.05) is 24.1 Å². The fourth-order valence-electron chi connectivity index (χ4n) is 4.89. The number of hydrogen-bond acceptors (Lipinski definition) is 5. The van der Waals surface area contributed by atoms with Gasteiger partial charge in [0.1, 0.15) is 10.8 Å². The Bertz CT molecular complexity index is 901. The molecule has 2 N–H and O–H groups in total. The van der Waals surface area contributed by atoms with Crippen LogP contribution in [-0.2, 0) is 6.61 Å². The number of halogens is 2. The molecule has 1 saturated carbocycles. The second-order valence-corrected chi connectivity index (χ2v) is 10.0. The zero-order valence-corrected chi connectivity index (χ0v) is 18.8. The monoisotopic (exact) mass is 452 g/mol. The number of benzene rings is 1. The molecule has 4 rings (SSSR count). The van der Waals surface area contributed by atoms with Crippen molar-refractivity contribution in [3.63, 3.8) is 0 Å². The van der Waals surface area contributed by atoms with Gasteiger partial charge in [-0.05, 0) is 42.7 Å². The maximum absolute atomic E-state index is 10.6. The van der Waals surface area contributed by atoms with Gasteiger partial charge in [-0.15, -0.1) is 0 Å². The highest BCUT2D eigenvalue weighted by atomic mass is 35.5. The smallest absolute Gasteiger partial charge is 0.150 e. The lowest BCUT2D eigenvalue weighted by atomic mass is 9.71. The van der Waals surface area contributed by atoms with Crippen molar-refractivity contribution in [1.29, 1.82) is 0 Å². The molecule has 2 heterocycles. The summed E-state index contributed by atoms with van der Waals surface area (Å²) in [6.45, 7) is 4.09. The molecule has 4 nitrogen and oxygen atoms in total. The first-order valence-corrected chi connectivity index (χ1v) is 11.7. The molecular weight excluding hydrogens is 427 g/mol. The van der Waals surface area contributed by atoms with Crippen molar-refractivity contribution < 1.29 is 10.2 Å². The number of aliphatic hydroxyl groups is 1. The van der Waals surface area contributed by atoms with E-state index in [2.05, 4.69) is 16.8 Å². The van der Waals surface area contributed by atoms with E-state index in [4.69, 9.17) is 23.2 Å². The van der Waals surface area contributed by atoms with Crippen LogP contribution in [0, 0.1) is 11.3 Å². The average molecular weight is 453 g/mol. The fraction of sp³-hybridized carbons (Fsp3) is 0.500. The third-order valence-electron chi connectivity index (χ3n) is 6.75. The summed E-state index contributed by atoms with van der Waals surface area (Å²) in [7, 11) is 0. The maximum Gasteiger partial charge on any atom is 0.150 e. The lowest BCUT2D eigenvalue weighted by Gasteiger charge is -2.43. The van der Waals surface area contributed by atoms with Crippen LogP contribution in [0.25, 0.3) is 0 Å². The van der Waals surface area contributed by atoms with Crippen LogP contribution in [0.5, 0.6) is 5.75 Å². The summed E-state index contributed by atoms with van der Waals surface area (Å²) in [4.78, 5) is 7.53. The van der Waals surface area contributed by atoms with Gasteiger partial charge in [-0.25, -0.2) is 4.98 Å². The SMILES string of the molecule is C[C@@H]1CCCC12CCN(c1cc(O)c(Sc3cccc(Cl)c3Cl)nc1CO)CC2. The van der Waals surface area contributed by atoms with Crippen LogP contribution in [0.15, 0.2) is 34.2 Å². The highest BCUT2D eigenvalue weighted by Crippen LogP contribution is 2.51. The highest BCUT2D eigenvalue weighted by Gasteiger charge is 2.42. The van der Waals surface area contributed by atoms with Crippen LogP contribution >= 0.6 is 35.0 Å². The summed E-state index contributed by atoms with van der Waals surface area (Å²) in [6.07, 6.45) is 6.32. The van der Waals surface area contributed by atoms with E-state index in [-0.39, 0.29) is 12.4 Å². The Hall–Kier alpha value is -1.14. The van der Waals surface area contributed by atoms with Crippen LogP contribution in [0.4, 0.5) is 5.69 Å². The van der Waals surface area contributed by atoms with E-state index in [1.165, 1.54) is 31.0 Å². The Balaban J connectivity index is 1.56. The predicted molar refractivity (Wildman–Crippen MR) is 119 cm³/mol. The van der Waals surface area contributed by atoms with Crippen molar-refractivity contribution in [1.82, 2.24) is 4.98 Å². The number of aromatic nitrogens is 1. The average Bonchev–Trinajstić information content (AvgIpc) is 3.07. The number of hydrogen-bond donors (Lipinski definition) is 2. The van der Waals surface area contributed by atoms with Crippen molar-refractivity contribution >= 4 is 40.7 Å². The number of aliphatic hydroxyl groups excluding tert-OH is 1. The van der Waals surface area contributed by atoms with Gasteiger partial charge in [-0.2, -0.15) is 0 Å². The first-order valence-electron chi connectivity index (χ1n) is 10.1. The number of anilines is 1. The summed E-state index contributed by atoms with van der Waals surface area (Å²) in [5, 5.41) is 21.9. The lowest BCUT2D eigenvalue weighted by Crippen LogP contribution is -2.41. The Labute approximate surface area is 186 Å². The zero-order chi connectivity index (χ0) is 20.6. The van der Waals surface area contributed by atoms with Gasteiger partial charge >= 0.3 is 0 Å². The molecule has 0 unspecified atom stereocenters. The first-order chi connectivity index (χ1) is 13.9. The van der Waals surface area contributed by atoms with E-state index in [9.17, 15) is 10.2 Å². The molecule has 2 aromatic rings. The molecular formula is C22H26Cl2N2O2S. The summed E-state index contributed by atoms with van der Waals surface area (Å²) in [6, 6.07) is 7.09. The molecule has 0 amide bonds. The molecule has 1 aromatic carbocycles. The van der Waals surface area contributed by atoms with Gasteiger partial charge in [-0.1, -0.05) is 60.8 Å². The first kappa shape index (κ1) is 21.1. The lowest BCUT2D eigenvalue weighted by molar-refractivity contribution is 0.161. The van der Waals surface area contributed by atoms with Gasteiger partial charge in [-0.3, -0.25) is 0 Å². The topological polar surface area (TPSA) is 56.6 Å². The fourth-order valence-corrected chi connectivity index (χ4v) is 6.24. The molecule has 156 valence electrons. The summed E-state index contributed by atoms with van der Waals surface area (Å²) >= 11 is 13.6. The minimum atomic E-state index is -0.176. The maximum atomic E-state index is 10.6. The molecule has 0 bridgehead atoms. The number of aromatic hydroxyl groups is 1. The minimum absolute atomic E-state index is 0.0905. The van der Waals surface area contributed by atoms with E-state index in [0.29, 0.717) is 31.1 Å². The summed E-state index contributed by atoms with van der Waals surface area (Å²) in [5.74, 6) is 0.877. The van der Waals surface area contributed by atoms with Crippen LogP contribution in [0.3, 0.4) is 0 Å². The van der Waals surface area contributed by atoms with Gasteiger partial charge in [0.05, 0.1) is 28.0 Å². The minimum Gasteiger partial charge on any atom is -0.505 e. The van der Waals surface area contributed by atoms with E-state index < -0.39 is 0 Å². The Morgan fingerprint density at radius 3 is 2.66 bits per heavy atom. The molecule has 2 aliphatic rings. The predicted octanol–water partition coefficient (Wildman–Crippen LogP) is 6.14.